The number of amides is 1. The van der Waals surface area contributed by atoms with Gasteiger partial charge in [-0.2, -0.15) is 0 Å². The van der Waals surface area contributed by atoms with E-state index in [1.54, 1.807) is 18.2 Å². The molecule has 3 rings (SSSR count). The summed E-state index contributed by atoms with van der Waals surface area (Å²) in [5.74, 6) is 0.125. The molecule has 35 heavy (non-hydrogen) atoms. The number of carbonyl (C=O) groups excluding carboxylic acids is 1. The molecule has 0 aliphatic rings. The molecule has 0 unspecified atom stereocenters. The first-order valence-corrected chi connectivity index (χ1v) is 12.0. The maximum atomic E-state index is 12.9. The summed E-state index contributed by atoms with van der Waals surface area (Å²) in [6.45, 7) is 12.1. The highest BCUT2D eigenvalue weighted by molar-refractivity contribution is 6.31. The number of carbonyl (C=O) groups is 1. The predicted octanol–water partition coefficient (Wildman–Crippen LogP) is 8.11. The van der Waals surface area contributed by atoms with Crippen LogP contribution in [0.2, 0.25) is 5.02 Å². The molecule has 0 fully saturated rings. The number of halogens is 2. The van der Waals surface area contributed by atoms with Gasteiger partial charge in [-0.05, 0) is 61.2 Å². The first kappa shape index (κ1) is 29.7. The minimum atomic E-state index is -0.387. The van der Waals surface area contributed by atoms with Crippen LogP contribution in [0.5, 0.6) is 5.75 Å². The zero-order valence-corrected chi connectivity index (χ0v) is 21.7. The third kappa shape index (κ3) is 10.6. The molecule has 0 bridgehead atoms. The van der Waals surface area contributed by atoms with Gasteiger partial charge < -0.3 is 10.5 Å². The highest BCUT2D eigenvalue weighted by Gasteiger charge is 2.05. The molecule has 1 amide bonds. The maximum Gasteiger partial charge on any atom is 0.248 e. The monoisotopic (exact) mass is 495 g/mol. The molecule has 3 nitrogen and oxygen atoms in total. The van der Waals surface area contributed by atoms with Crippen LogP contribution in [-0.2, 0) is 19.4 Å². The van der Waals surface area contributed by atoms with Crippen molar-refractivity contribution in [2.75, 3.05) is 0 Å². The lowest BCUT2D eigenvalue weighted by Gasteiger charge is -2.11. The minimum absolute atomic E-state index is 0.335. The number of benzene rings is 3. The number of hydrogen-bond acceptors (Lipinski definition) is 2. The molecular formula is C30H35ClFNO2. The average Bonchev–Trinajstić information content (AvgIpc) is 2.85. The summed E-state index contributed by atoms with van der Waals surface area (Å²) in [6.07, 6.45) is 5.44. The van der Waals surface area contributed by atoms with Crippen LogP contribution in [0.15, 0.2) is 91.0 Å². The maximum absolute atomic E-state index is 12.9. The minimum Gasteiger partial charge on any atom is -0.489 e. The highest BCUT2D eigenvalue weighted by atomic mass is 35.5. The summed E-state index contributed by atoms with van der Waals surface area (Å²) in [5, 5.41) is 0.393. The van der Waals surface area contributed by atoms with Crippen molar-refractivity contribution in [3.8, 4) is 5.75 Å². The Balaban J connectivity index is 0.000000332. The van der Waals surface area contributed by atoms with Crippen molar-refractivity contribution in [2.24, 2.45) is 5.73 Å². The van der Waals surface area contributed by atoms with E-state index in [0.717, 1.165) is 35.3 Å². The van der Waals surface area contributed by atoms with Gasteiger partial charge in [0.1, 0.15) is 18.2 Å². The molecule has 0 radical (unpaired) electrons. The molecule has 0 atom stereocenters. The van der Waals surface area contributed by atoms with E-state index in [0.29, 0.717) is 17.2 Å². The molecular weight excluding hydrogens is 461 g/mol. The van der Waals surface area contributed by atoms with Gasteiger partial charge >= 0.3 is 0 Å². The van der Waals surface area contributed by atoms with Crippen LogP contribution in [-0.4, -0.2) is 5.91 Å². The molecule has 2 N–H and O–H groups in total. The highest BCUT2D eigenvalue weighted by Crippen LogP contribution is 2.23. The average molecular weight is 496 g/mol. The predicted molar refractivity (Wildman–Crippen MR) is 146 cm³/mol. The van der Waals surface area contributed by atoms with E-state index in [2.05, 4.69) is 13.5 Å². The molecule has 0 aromatic heterocycles. The normalized spacial score (nSPS) is 10.3. The smallest absolute Gasteiger partial charge is 0.248 e. The molecule has 186 valence electrons. The Kier molecular flexibility index (Phi) is 13.8. The fraction of sp³-hybridized carbons (Fsp3) is 0.233. The molecule has 0 aliphatic carbocycles. The third-order valence-corrected chi connectivity index (χ3v) is 5.20. The van der Waals surface area contributed by atoms with Gasteiger partial charge in [-0.15, -0.1) is 0 Å². The van der Waals surface area contributed by atoms with Crippen molar-refractivity contribution < 1.29 is 13.9 Å². The van der Waals surface area contributed by atoms with Gasteiger partial charge in [-0.1, -0.05) is 93.1 Å². The summed E-state index contributed by atoms with van der Waals surface area (Å²) < 4.78 is 18.6. The Morgan fingerprint density at radius 1 is 1.06 bits per heavy atom. The van der Waals surface area contributed by atoms with Gasteiger partial charge in [-0.25, -0.2) is 4.39 Å². The van der Waals surface area contributed by atoms with Crippen molar-refractivity contribution in [3.63, 3.8) is 0 Å². The molecule has 0 saturated carbocycles. The molecule has 5 heteroatoms. The summed E-state index contributed by atoms with van der Waals surface area (Å²) in [7, 11) is 0. The standard InChI is InChI=1S/C15H14ClFO.C13H15NO.C2H6/c1-2-11-5-3-4-6-15(11)18-10-12-7-8-13(17)9-14(12)16;1-3-5-10(2)8-11-6-4-7-12(9-11)13(14)15;1-2/h3-9H,2,10H2,1H3;3-7,9H,1,8H2,2H3,(H2,14,15);1-2H3/b;10-5-;. The molecule has 0 heterocycles. The summed E-state index contributed by atoms with van der Waals surface area (Å²) in [5.41, 5.74) is 9.97. The summed E-state index contributed by atoms with van der Waals surface area (Å²) in [4.78, 5) is 11.0. The Morgan fingerprint density at radius 2 is 1.77 bits per heavy atom. The van der Waals surface area contributed by atoms with Crippen LogP contribution in [0.3, 0.4) is 0 Å². The van der Waals surface area contributed by atoms with Crippen LogP contribution >= 0.6 is 11.6 Å². The topological polar surface area (TPSA) is 52.3 Å². The van der Waals surface area contributed by atoms with E-state index in [1.165, 1.54) is 17.7 Å². The lowest BCUT2D eigenvalue weighted by Crippen LogP contribution is -2.10. The van der Waals surface area contributed by atoms with Gasteiger partial charge in [0.2, 0.25) is 5.91 Å². The number of ether oxygens (including phenoxy) is 1. The number of primary amides is 1. The lowest BCUT2D eigenvalue weighted by molar-refractivity contribution is 0.1000. The van der Waals surface area contributed by atoms with Crippen LogP contribution in [0.25, 0.3) is 0 Å². The van der Waals surface area contributed by atoms with Gasteiger partial charge in [0, 0.05) is 11.1 Å². The second kappa shape index (κ2) is 16.3. The quantitative estimate of drug-likeness (QED) is 0.321. The molecule has 0 aliphatic heterocycles. The van der Waals surface area contributed by atoms with Crippen LogP contribution < -0.4 is 10.5 Å². The second-order valence-corrected chi connectivity index (χ2v) is 7.88. The second-order valence-electron chi connectivity index (χ2n) is 7.48. The van der Waals surface area contributed by atoms with Crippen molar-refractivity contribution in [1.82, 2.24) is 0 Å². The molecule has 0 saturated heterocycles. The van der Waals surface area contributed by atoms with Crippen LogP contribution in [0.1, 0.15) is 54.7 Å². The third-order valence-electron chi connectivity index (χ3n) is 4.85. The van der Waals surface area contributed by atoms with E-state index >= 15 is 0 Å². The number of allylic oxidation sites excluding steroid dienone is 3. The largest absolute Gasteiger partial charge is 0.489 e. The van der Waals surface area contributed by atoms with Crippen LogP contribution in [0.4, 0.5) is 4.39 Å². The van der Waals surface area contributed by atoms with Gasteiger partial charge in [0.05, 0.1) is 5.02 Å². The number of hydrogen-bond donors (Lipinski definition) is 1. The number of para-hydroxylation sites is 1. The first-order valence-electron chi connectivity index (χ1n) is 11.7. The fourth-order valence-electron chi connectivity index (χ4n) is 3.15. The zero-order chi connectivity index (χ0) is 26.2. The summed E-state index contributed by atoms with van der Waals surface area (Å²) in [6, 6.07) is 19.6. The number of nitrogens with two attached hydrogens (primary N) is 1. The van der Waals surface area contributed by atoms with E-state index in [4.69, 9.17) is 22.1 Å². The fourth-order valence-corrected chi connectivity index (χ4v) is 3.37. The SMILES string of the molecule is C=C/C=C(/C)Cc1cccc(C(N)=O)c1.CC.CCc1ccccc1OCc1ccc(F)cc1Cl. The van der Waals surface area contributed by atoms with Crippen molar-refractivity contribution in [1.29, 1.82) is 0 Å². The molecule has 0 spiro atoms. The number of rotatable bonds is 8. The van der Waals surface area contributed by atoms with Gasteiger partial charge in [0.25, 0.3) is 0 Å². The van der Waals surface area contributed by atoms with E-state index in [-0.39, 0.29) is 11.7 Å². The molecule has 3 aromatic carbocycles. The number of aryl methyl sites for hydroxylation is 1. The first-order chi connectivity index (χ1) is 16.8. The van der Waals surface area contributed by atoms with E-state index < -0.39 is 0 Å². The van der Waals surface area contributed by atoms with Crippen molar-refractivity contribution in [2.45, 2.75) is 47.1 Å². The zero-order valence-electron chi connectivity index (χ0n) is 21.0. The van der Waals surface area contributed by atoms with Crippen molar-refractivity contribution in [3.05, 3.63) is 124 Å². The Hall–Kier alpha value is -3.37. The van der Waals surface area contributed by atoms with Crippen LogP contribution in [0, 0.1) is 5.82 Å². The van der Waals surface area contributed by atoms with E-state index in [9.17, 15) is 9.18 Å². The Labute approximate surface area is 214 Å². The Morgan fingerprint density at radius 3 is 2.40 bits per heavy atom. The van der Waals surface area contributed by atoms with Gasteiger partial charge in [0.15, 0.2) is 0 Å². The lowest BCUT2D eigenvalue weighted by atomic mass is 10.0. The van der Waals surface area contributed by atoms with E-state index in [1.807, 2.05) is 69.3 Å². The Bertz CT molecular complexity index is 1120. The van der Waals surface area contributed by atoms with Crippen molar-refractivity contribution >= 4 is 17.5 Å². The summed E-state index contributed by atoms with van der Waals surface area (Å²) >= 11 is 5.95. The van der Waals surface area contributed by atoms with Gasteiger partial charge in [-0.3, -0.25) is 4.79 Å². The molecule has 3 aromatic rings.